The molecule has 0 aliphatic carbocycles. The number of carbonyl (C=O) groups is 1. The Labute approximate surface area is 101 Å². The van der Waals surface area contributed by atoms with Gasteiger partial charge in [0.1, 0.15) is 11.4 Å². The molecule has 0 aromatic carbocycles. The van der Waals surface area contributed by atoms with E-state index in [-0.39, 0.29) is 25.2 Å². The van der Waals surface area contributed by atoms with Gasteiger partial charge in [0, 0.05) is 11.7 Å². The SMILES string of the molecule is Cc1ccc(OCC(=O)NC(C)C)c(CO)n1. The molecule has 0 aliphatic rings. The number of rotatable bonds is 5. The molecule has 1 rings (SSSR count). The molecule has 0 spiro atoms. The molecule has 94 valence electrons. The maximum Gasteiger partial charge on any atom is 0.258 e. The second-order valence-corrected chi connectivity index (χ2v) is 4.07. The van der Waals surface area contributed by atoms with Crippen LogP contribution < -0.4 is 10.1 Å². The van der Waals surface area contributed by atoms with Crippen LogP contribution in [0.1, 0.15) is 25.2 Å². The van der Waals surface area contributed by atoms with Crippen molar-refractivity contribution in [3.63, 3.8) is 0 Å². The van der Waals surface area contributed by atoms with Gasteiger partial charge in [-0.05, 0) is 32.9 Å². The van der Waals surface area contributed by atoms with E-state index >= 15 is 0 Å². The van der Waals surface area contributed by atoms with E-state index in [0.717, 1.165) is 5.69 Å². The second kappa shape index (κ2) is 6.20. The minimum absolute atomic E-state index is 0.0735. The van der Waals surface area contributed by atoms with Crippen molar-refractivity contribution in [2.45, 2.75) is 33.4 Å². The summed E-state index contributed by atoms with van der Waals surface area (Å²) < 4.78 is 5.31. The third kappa shape index (κ3) is 4.40. The predicted octanol–water partition coefficient (Wildman–Crippen LogP) is 0.786. The van der Waals surface area contributed by atoms with E-state index in [1.54, 1.807) is 12.1 Å². The van der Waals surface area contributed by atoms with E-state index in [1.165, 1.54) is 0 Å². The highest BCUT2D eigenvalue weighted by Crippen LogP contribution is 2.16. The van der Waals surface area contributed by atoms with Crippen LogP contribution in [-0.4, -0.2) is 28.6 Å². The van der Waals surface area contributed by atoms with Crippen molar-refractivity contribution in [1.29, 1.82) is 0 Å². The van der Waals surface area contributed by atoms with Gasteiger partial charge in [0.2, 0.25) is 0 Å². The highest BCUT2D eigenvalue weighted by Gasteiger charge is 2.08. The van der Waals surface area contributed by atoms with Crippen molar-refractivity contribution < 1.29 is 14.6 Å². The lowest BCUT2D eigenvalue weighted by molar-refractivity contribution is -0.123. The predicted molar refractivity (Wildman–Crippen MR) is 63.7 cm³/mol. The summed E-state index contributed by atoms with van der Waals surface area (Å²) in [4.78, 5) is 15.5. The Balaban J connectivity index is 2.60. The van der Waals surface area contributed by atoms with Crippen molar-refractivity contribution >= 4 is 5.91 Å². The average molecular weight is 238 g/mol. The van der Waals surface area contributed by atoms with Gasteiger partial charge in [0.15, 0.2) is 6.61 Å². The molecule has 0 saturated carbocycles. The fourth-order valence-corrected chi connectivity index (χ4v) is 1.35. The Morgan fingerprint density at radius 1 is 1.53 bits per heavy atom. The first kappa shape index (κ1) is 13.4. The first-order valence-electron chi connectivity index (χ1n) is 5.52. The van der Waals surface area contributed by atoms with E-state index in [0.29, 0.717) is 11.4 Å². The van der Waals surface area contributed by atoms with Crippen LogP contribution in [-0.2, 0) is 11.4 Å². The van der Waals surface area contributed by atoms with Gasteiger partial charge in [-0.25, -0.2) is 0 Å². The van der Waals surface area contributed by atoms with Gasteiger partial charge >= 0.3 is 0 Å². The van der Waals surface area contributed by atoms with Gasteiger partial charge in [-0.1, -0.05) is 0 Å². The molecule has 5 nitrogen and oxygen atoms in total. The third-order valence-corrected chi connectivity index (χ3v) is 2.03. The first-order valence-corrected chi connectivity index (χ1v) is 5.52. The smallest absolute Gasteiger partial charge is 0.258 e. The number of nitrogens with zero attached hydrogens (tertiary/aromatic N) is 1. The molecule has 0 aliphatic heterocycles. The molecule has 0 atom stereocenters. The summed E-state index contributed by atoms with van der Waals surface area (Å²) >= 11 is 0. The molecule has 0 radical (unpaired) electrons. The standard InChI is InChI=1S/C12H18N2O3/c1-8(2)13-12(16)7-17-11-5-4-9(3)14-10(11)6-15/h4-5,8,15H,6-7H2,1-3H3,(H,13,16). The Bertz CT molecular complexity index is 391. The van der Waals surface area contributed by atoms with Crippen molar-refractivity contribution in [3.05, 3.63) is 23.5 Å². The van der Waals surface area contributed by atoms with Gasteiger partial charge in [0.25, 0.3) is 5.91 Å². The fourth-order valence-electron chi connectivity index (χ4n) is 1.35. The number of amides is 1. The zero-order valence-corrected chi connectivity index (χ0v) is 10.4. The van der Waals surface area contributed by atoms with E-state index in [2.05, 4.69) is 10.3 Å². The van der Waals surface area contributed by atoms with Crippen LogP contribution in [0.15, 0.2) is 12.1 Å². The zero-order valence-electron chi connectivity index (χ0n) is 10.4. The lowest BCUT2D eigenvalue weighted by atomic mass is 10.3. The number of aliphatic hydroxyl groups excluding tert-OH is 1. The topological polar surface area (TPSA) is 71.5 Å². The molecule has 1 amide bonds. The molecule has 17 heavy (non-hydrogen) atoms. The van der Waals surface area contributed by atoms with E-state index in [4.69, 9.17) is 9.84 Å². The van der Waals surface area contributed by atoms with Crippen LogP contribution in [0.3, 0.4) is 0 Å². The number of aliphatic hydroxyl groups is 1. The van der Waals surface area contributed by atoms with Gasteiger partial charge in [-0.3, -0.25) is 9.78 Å². The van der Waals surface area contributed by atoms with E-state index < -0.39 is 0 Å². The maximum absolute atomic E-state index is 11.4. The van der Waals surface area contributed by atoms with Crippen LogP contribution >= 0.6 is 0 Å². The lowest BCUT2D eigenvalue weighted by Gasteiger charge is -2.11. The maximum atomic E-state index is 11.4. The van der Waals surface area contributed by atoms with Gasteiger partial charge < -0.3 is 15.2 Å². The van der Waals surface area contributed by atoms with Crippen LogP contribution in [0.25, 0.3) is 0 Å². The molecule has 0 saturated heterocycles. The fraction of sp³-hybridized carbons (Fsp3) is 0.500. The van der Waals surface area contributed by atoms with Crippen LogP contribution in [0.5, 0.6) is 5.75 Å². The first-order chi connectivity index (χ1) is 8.02. The second-order valence-electron chi connectivity index (χ2n) is 4.07. The number of aromatic nitrogens is 1. The monoisotopic (exact) mass is 238 g/mol. The van der Waals surface area contributed by atoms with E-state index in [1.807, 2.05) is 20.8 Å². The number of aryl methyl sites for hydroxylation is 1. The molecule has 1 aromatic heterocycles. The van der Waals surface area contributed by atoms with Crippen molar-refractivity contribution in [3.8, 4) is 5.75 Å². The molecule has 1 heterocycles. The molecule has 0 unspecified atom stereocenters. The van der Waals surface area contributed by atoms with Crippen molar-refractivity contribution in [2.24, 2.45) is 0 Å². The summed E-state index contributed by atoms with van der Waals surface area (Å²) in [6.07, 6.45) is 0. The number of hydrogen-bond acceptors (Lipinski definition) is 4. The molecular weight excluding hydrogens is 220 g/mol. The quantitative estimate of drug-likeness (QED) is 0.795. The summed E-state index contributed by atoms with van der Waals surface area (Å²) in [5.74, 6) is 0.251. The highest BCUT2D eigenvalue weighted by atomic mass is 16.5. The number of pyridine rings is 1. The van der Waals surface area contributed by atoms with Crippen LogP contribution in [0.4, 0.5) is 0 Å². The Morgan fingerprint density at radius 3 is 2.82 bits per heavy atom. The van der Waals surface area contributed by atoms with Crippen LogP contribution in [0, 0.1) is 6.92 Å². The third-order valence-electron chi connectivity index (χ3n) is 2.03. The summed E-state index contributed by atoms with van der Waals surface area (Å²) in [6, 6.07) is 3.56. The molecule has 0 bridgehead atoms. The number of hydrogen-bond donors (Lipinski definition) is 2. The number of nitrogens with one attached hydrogen (secondary N) is 1. The summed E-state index contributed by atoms with van der Waals surface area (Å²) in [5, 5.41) is 11.8. The summed E-state index contributed by atoms with van der Waals surface area (Å²) in [5.41, 5.74) is 1.25. The van der Waals surface area contributed by atoms with Gasteiger partial charge in [0.05, 0.1) is 6.61 Å². The van der Waals surface area contributed by atoms with Crippen molar-refractivity contribution in [2.75, 3.05) is 6.61 Å². The Kier molecular flexibility index (Phi) is 4.90. The molecule has 5 heteroatoms. The number of carbonyl (C=O) groups excluding carboxylic acids is 1. The number of ether oxygens (including phenoxy) is 1. The highest BCUT2D eigenvalue weighted by molar-refractivity contribution is 5.77. The molecule has 2 N–H and O–H groups in total. The summed E-state index contributed by atoms with van der Waals surface area (Å²) in [7, 11) is 0. The largest absolute Gasteiger partial charge is 0.482 e. The van der Waals surface area contributed by atoms with Crippen molar-refractivity contribution in [1.82, 2.24) is 10.3 Å². The van der Waals surface area contributed by atoms with Gasteiger partial charge in [-0.2, -0.15) is 0 Å². The molecule has 1 aromatic rings. The Hall–Kier alpha value is -1.62. The minimum atomic E-state index is -0.206. The van der Waals surface area contributed by atoms with Crippen LogP contribution in [0.2, 0.25) is 0 Å². The summed E-state index contributed by atoms with van der Waals surface area (Å²) in [6.45, 7) is 5.31. The normalized spacial score (nSPS) is 10.4. The molecule has 0 fully saturated rings. The van der Waals surface area contributed by atoms with Gasteiger partial charge in [-0.15, -0.1) is 0 Å². The zero-order chi connectivity index (χ0) is 12.8. The van der Waals surface area contributed by atoms with E-state index in [9.17, 15) is 4.79 Å². The lowest BCUT2D eigenvalue weighted by Crippen LogP contribution is -2.34. The Morgan fingerprint density at radius 2 is 2.24 bits per heavy atom. The molecular formula is C12H18N2O3. The minimum Gasteiger partial charge on any atom is -0.482 e. The average Bonchev–Trinajstić information content (AvgIpc) is 2.26.